The molecule has 0 aliphatic carbocycles. The molecule has 0 aliphatic rings. The molecule has 0 saturated carbocycles. The number of benzene rings is 1. The van der Waals surface area contributed by atoms with Crippen LogP contribution in [0.3, 0.4) is 0 Å². The van der Waals surface area contributed by atoms with Gasteiger partial charge in [-0.1, -0.05) is 30.3 Å². The number of carboxylic acids is 2. The fourth-order valence-corrected chi connectivity index (χ4v) is 1.00. The molecule has 0 fully saturated rings. The van der Waals surface area contributed by atoms with E-state index in [0.717, 1.165) is 5.56 Å². The first-order chi connectivity index (χ1) is 10.5. The lowest BCUT2D eigenvalue weighted by Gasteiger charge is -2.09. The van der Waals surface area contributed by atoms with Gasteiger partial charge in [-0.2, -0.15) is 13.2 Å². The van der Waals surface area contributed by atoms with Gasteiger partial charge >= 0.3 is 24.2 Å². The number of rotatable bonds is 4. The maximum atomic E-state index is 11.1. The van der Waals surface area contributed by atoms with Crippen molar-refractivity contribution >= 4 is 18.0 Å². The minimum atomic E-state index is -5.08. The van der Waals surface area contributed by atoms with Crippen LogP contribution >= 0.6 is 0 Å². The molecule has 0 aliphatic heterocycles. The van der Waals surface area contributed by atoms with E-state index in [1.54, 1.807) is 0 Å². The molecule has 0 aromatic heterocycles. The fourth-order valence-electron chi connectivity index (χ4n) is 1.00. The van der Waals surface area contributed by atoms with Crippen LogP contribution in [0.15, 0.2) is 30.3 Å². The van der Waals surface area contributed by atoms with Crippen LogP contribution in [0.1, 0.15) is 12.5 Å². The summed E-state index contributed by atoms with van der Waals surface area (Å²) in [4.78, 5) is 30.5. The molecule has 1 atom stereocenters. The normalized spacial score (nSPS) is 11.5. The highest BCUT2D eigenvalue weighted by atomic mass is 19.4. The third-order valence-electron chi connectivity index (χ3n) is 2.16. The van der Waals surface area contributed by atoms with Gasteiger partial charge in [0, 0.05) is 0 Å². The van der Waals surface area contributed by atoms with Crippen LogP contribution in [0.2, 0.25) is 0 Å². The number of halogens is 3. The second-order valence-corrected chi connectivity index (χ2v) is 4.07. The molecule has 0 heterocycles. The van der Waals surface area contributed by atoms with Gasteiger partial charge in [-0.05, 0) is 12.5 Å². The average Bonchev–Trinajstić information content (AvgIpc) is 2.45. The van der Waals surface area contributed by atoms with E-state index < -0.39 is 30.2 Å². The average molecular weight is 337 g/mol. The van der Waals surface area contributed by atoms with Crippen molar-refractivity contribution in [2.75, 3.05) is 0 Å². The summed E-state index contributed by atoms with van der Waals surface area (Å²) in [6.07, 6.45) is -5.82. The summed E-state index contributed by atoms with van der Waals surface area (Å²) >= 11 is 0. The Labute approximate surface area is 128 Å². The lowest BCUT2D eigenvalue weighted by atomic mass is 10.2. The number of carbonyl (C=O) groups is 3. The molecule has 128 valence electrons. The molecule has 23 heavy (non-hydrogen) atoms. The van der Waals surface area contributed by atoms with Gasteiger partial charge < -0.3 is 20.3 Å². The van der Waals surface area contributed by atoms with E-state index in [4.69, 9.17) is 19.7 Å². The van der Waals surface area contributed by atoms with Crippen molar-refractivity contribution in [1.29, 1.82) is 0 Å². The molecule has 0 spiro atoms. The zero-order valence-corrected chi connectivity index (χ0v) is 11.8. The monoisotopic (exact) mass is 337 g/mol. The summed E-state index contributed by atoms with van der Waals surface area (Å²) in [6, 6.07) is 8.19. The van der Waals surface area contributed by atoms with E-state index in [0.29, 0.717) is 0 Å². The number of alkyl halides is 3. The van der Waals surface area contributed by atoms with E-state index >= 15 is 0 Å². The van der Waals surface area contributed by atoms with E-state index in [-0.39, 0.29) is 6.61 Å². The summed E-state index contributed by atoms with van der Waals surface area (Å²) in [5, 5.41) is 17.9. The van der Waals surface area contributed by atoms with E-state index in [1.165, 1.54) is 6.92 Å². The third-order valence-corrected chi connectivity index (χ3v) is 2.16. The van der Waals surface area contributed by atoms with Crippen molar-refractivity contribution in [1.82, 2.24) is 5.32 Å². The van der Waals surface area contributed by atoms with Crippen LogP contribution in [0.25, 0.3) is 0 Å². The van der Waals surface area contributed by atoms with Gasteiger partial charge in [0.15, 0.2) is 0 Å². The molecular formula is C13H14F3NO6. The first kappa shape index (κ1) is 20.2. The van der Waals surface area contributed by atoms with E-state index in [9.17, 15) is 22.8 Å². The largest absolute Gasteiger partial charge is 0.490 e. The summed E-state index contributed by atoms with van der Waals surface area (Å²) in [5.74, 6) is -3.86. The zero-order valence-electron chi connectivity index (χ0n) is 11.8. The fraction of sp³-hybridized carbons (Fsp3) is 0.308. The number of hydrogen-bond acceptors (Lipinski definition) is 4. The van der Waals surface area contributed by atoms with Crippen molar-refractivity contribution in [3.05, 3.63) is 35.9 Å². The van der Waals surface area contributed by atoms with Crippen molar-refractivity contribution < 1.29 is 42.5 Å². The number of carbonyl (C=O) groups excluding carboxylic acids is 1. The molecule has 7 nitrogen and oxygen atoms in total. The third kappa shape index (κ3) is 9.72. The Morgan fingerprint density at radius 1 is 1.17 bits per heavy atom. The summed E-state index contributed by atoms with van der Waals surface area (Å²) < 4.78 is 36.6. The van der Waals surface area contributed by atoms with Crippen LogP contribution in [-0.2, 0) is 20.9 Å². The van der Waals surface area contributed by atoms with Crippen LogP contribution in [-0.4, -0.2) is 40.5 Å². The topological polar surface area (TPSA) is 113 Å². The number of nitrogens with one attached hydrogen (secondary N) is 1. The Kier molecular flexibility index (Phi) is 8.16. The second-order valence-electron chi connectivity index (χ2n) is 4.07. The molecule has 1 aromatic rings. The lowest BCUT2D eigenvalue weighted by molar-refractivity contribution is -0.192. The van der Waals surface area contributed by atoms with Gasteiger partial charge in [0.05, 0.1) is 0 Å². The number of amides is 1. The highest BCUT2D eigenvalue weighted by molar-refractivity contribution is 5.79. The predicted octanol–water partition coefficient (Wildman–Crippen LogP) is 2.02. The number of alkyl carbamates (subject to hydrolysis) is 1. The van der Waals surface area contributed by atoms with Crippen LogP contribution in [0.4, 0.5) is 18.0 Å². The Balaban J connectivity index is 0.000000585. The summed E-state index contributed by atoms with van der Waals surface area (Å²) in [5.41, 5.74) is 0.848. The van der Waals surface area contributed by atoms with Gasteiger partial charge in [-0.3, -0.25) is 4.79 Å². The number of carboxylic acid groups (broad SMARTS) is 2. The van der Waals surface area contributed by atoms with Crippen molar-refractivity contribution in [2.24, 2.45) is 0 Å². The molecule has 0 saturated heterocycles. The highest BCUT2D eigenvalue weighted by Crippen LogP contribution is 2.13. The Hall–Kier alpha value is -2.78. The lowest BCUT2D eigenvalue weighted by Crippen LogP contribution is -2.38. The van der Waals surface area contributed by atoms with Crippen LogP contribution in [0.5, 0.6) is 0 Å². The molecule has 0 radical (unpaired) electrons. The molecule has 10 heteroatoms. The molecular weight excluding hydrogens is 323 g/mol. The van der Waals surface area contributed by atoms with Crippen molar-refractivity contribution in [2.45, 2.75) is 25.7 Å². The predicted molar refractivity (Wildman–Crippen MR) is 70.6 cm³/mol. The minimum Gasteiger partial charge on any atom is -0.480 e. The smallest absolute Gasteiger partial charge is 0.480 e. The minimum absolute atomic E-state index is 0.124. The van der Waals surface area contributed by atoms with Gasteiger partial charge in [0.25, 0.3) is 0 Å². The van der Waals surface area contributed by atoms with Crippen LogP contribution < -0.4 is 5.32 Å². The summed E-state index contributed by atoms with van der Waals surface area (Å²) in [6.45, 7) is 1.49. The zero-order chi connectivity index (χ0) is 18.0. The first-order valence-electron chi connectivity index (χ1n) is 6.04. The Morgan fingerprint density at radius 2 is 1.65 bits per heavy atom. The Morgan fingerprint density at radius 3 is 2.04 bits per heavy atom. The SMILES string of the molecule is CC(NC(=O)OCc1ccccc1)C(=O)O.O=C(O)C(F)(F)F. The second kappa shape index (κ2) is 9.28. The molecule has 3 N–H and O–H groups in total. The molecule has 1 amide bonds. The van der Waals surface area contributed by atoms with Gasteiger partial charge in [-0.15, -0.1) is 0 Å². The van der Waals surface area contributed by atoms with Gasteiger partial charge in [-0.25, -0.2) is 9.59 Å². The van der Waals surface area contributed by atoms with E-state index in [2.05, 4.69) is 5.32 Å². The Bertz CT molecular complexity index is 532. The maximum absolute atomic E-state index is 11.1. The van der Waals surface area contributed by atoms with Crippen LogP contribution in [0, 0.1) is 0 Å². The standard InChI is InChI=1S/C11H13NO4.C2HF3O2/c1-8(10(13)14)12-11(15)16-7-9-5-3-2-4-6-9;3-2(4,5)1(6)7/h2-6,8H,7H2,1H3,(H,12,15)(H,13,14);(H,6,7). The number of hydrogen-bond donors (Lipinski definition) is 3. The first-order valence-corrected chi connectivity index (χ1v) is 6.04. The molecule has 1 rings (SSSR count). The number of ether oxygens (including phenoxy) is 1. The molecule has 1 aromatic carbocycles. The van der Waals surface area contributed by atoms with Gasteiger partial charge in [0.1, 0.15) is 12.6 Å². The van der Waals surface area contributed by atoms with E-state index in [1.807, 2.05) is 30.3 Å². The maximum Gasteiger partial charge on any atom is 0.490 e. The quantitative estimate of drug-likeness (QED) is 0.775. The number of aliphatic carboxylic acids is 2. The van der Waals surface area contributed by atoms with Crippen molar-refractivity contribution in [3.8, 4) is 0 Å². The summed E-state index contributed by atoms with van der Waals surface area (Å²) in [7, 11) is 0. The van der Waals surface area contributed by atoms with Gasteiger partial charge in [0.2, 0.25) is 0 Å². The molecule has 0 bridgehead atoms. The highest BCUT2D eigenvalue weighted by Gasteiger charge is 2.38. The van der Waals surface area contributed by atoms with Crippen molar-refractivity contribution in [3.63, 3.8) is 0 Å². The molecule has 1 unspecified atom stereocenters.